The monoisotopic (exact) mass is 159 g/mol. The van der Waals surface area contributed by atoms with E-state index in [-0.39, 0.29) is 1.43 Å². The van der Waals surface area contributed by atoms with Crippen LogP contribution in [0.4, 0.5) is 11.4 Å². The quantitative estimate of drug-likeness (QED) is 0.578. The highest BCUT2D eigenvalue weighted by Gasteiger charge is 1.98. The lowest BCUT2D eigenvalue weighted by molar-refractivity contribution is 1.71. The van der Waals surface area contributed by atoms with Gasteiger partial charge in [0.1, 0.15) is 0 Å². The van der Waals surface area contributed by atoms with Crippen molar-refractivity contribution in [3.05, 3.63) is 36.4 Å². The van der Waals surface area contributed by atoms with Crippen LogP contribution in [0.5, 0.6) is 0 Å². The first-order chi connectivity index (χ1) is 5.79. The third kappa shape index (κ3) is 0.889. The second kappa shape index (κ2) is 2.41. The third-order valence-electron chi connectivity index (χ3n) is 2.00. The molecule has 2 heteroatoms. The van der Waals surface area contributed by atoms with Crippen LogP contribution in [0.3, 0.4) is 0 Å². The molecule has 0 radical (unpaired) electrons. The van der Waals surface area contributed by atoms with Crippen molar-refractivity contribution in [3.63, 3.8) is 0 Å². The van der Waals surface area contributed by atoms with E-state index < -0.39 is 0 Å². The van der Waals surface area contributed by atoms with E-state index in [0.717, 1.165) is 10.8 Å². The Labute approximate surface area is 72.3 Å². The summed E-state index contributed by atoms with van der Waals surface area (Å²) in [6.45, 7) is 0. The number of rotatable bonds is 0. The lowest BCUT2D eigenvalue weighted by atomic mass is 10.1. The topological polar surface area (TPSA) is 52.0 Å². The van der Waals surface area contributed by atoms with Crippen LogP contribution in [0, 0.1) is 0 Å². The summed E-state index contributed by atoms with van der Waals surface area (Å²) in [6.07, 6.45) is 0. The molecule has 2 nitrogen and oxygen atoms in total. The molecule has 0 unspecified atom stereocenters. The molecule has 0 amide bonds. The largest absolute Gasteiger partial charge is 1.00 e. The van der Waals surface area contributed by atoms with Crippen molar-refractivity contribution in [3.8, 4) is 0 Å². The van der Waals surface area contributed by atoms with E-state index in [4.69, 9.17) is 11.5 Å². The highest BCUT2D eigenvalue weighted by Crippen LogP contribution is 2.25. The van der Waals surface area contributed by atoms with Gasteiger partial charge in [0.05, 0.1) is 11.4 Å². The second-order valence-electron chi connectivity index (χ2n) is 2.79. The molecule has 0 aliphatic heterocycles. The normalized spacial score (nSPS) is 10.3. The maximum Gasteiger partial charge on any atom is 1.00 e. The lowest BCUT2D eigenvalue weighted by Gasteiger charge is -2.03. The molecule has 0 bridgehead atoms. The summed E-state index contributed by atoms with van der Waals surface area (Å²) in [5.41, 5.74) is 12.8. The van der Waals surface area contributed by atoms with Gasteiger partial charge in [-0.1, -0.05) is 30.3 Å². The van der Waals surface area contributed by atoms with Gasteiger partial charge in [-0.15, -0.1) is 0 Å². The second-order valence-corrected chi connectivity index (χ2v) is 2.79. The van der Waals surface area contributed by atoms with Gasteiger partial charge in [-0.25, -0.2) is 0 Å². The Kier molecular flexibility index (Phi) is 1.40. The fourth-order valence-corrected chi connectivity index (χ4v) is 1.31. The van der Waals surface area contributed by atoms with Crippen molar-refractivity contribution >= 4 is 22.1 Å². The van der Waals surface area contributed by atoms with Gasteiger partial charge in [-0.3, -0.25) is 0 Å². The van der Waals surface area contributed by atoms with E-state index in [2.05, 4.69) is 0 Å². The first-order valence-corrected chi connectivity index (χ1v) is 3.82. The molecule has 0 heterocycles. The molecular formula is C10H11N2+. The number of hydrogen-bond acceptors (Lipinski definition) is 2. The summed E-state index contributed by atoms with van der Waals surface area (Å²) in [5.74, 6) is 0. The predicted molar refractivity (Wildman–Crippen MR) is 53.9 cm³/mol. The summed E-state index contributed by atoms with van der Waals surface area (Å²) in [6, 6.07) is 11.7. The van der Waals surface area contributed by atoms with E-state index in [0.29, 0.717) is 11.4 Å². The van der Waals surface area contributed by atoms with Crippen molar-refractivity contribution in [1.82, 2.24) is 0 Å². The Balaban J connectivity index is 0.000000845. The van der Waals surface area contributed by atoms with Crippen molar-refractivity contribution < 1.29 is 1.43 Å². The first kappa shape index (κ1) is 6.98. The molecule has 0 spiro atoms. The standard InChI is InChI=1S/C10H10N2/c11-9-6-5-7-3-1-2-4-8(7)10(9)12/h1-6H,11-12H2/p+1. The Hall–Kier alpha value is -1.70. The molecule has 60 valence electrons. The minimum absolute atomic E-state index is 0. The average molecular weight is 159 g/mol. The Morgan fingerprint density at radius 1 is 0.917 bits per heavy atom. The molecule has 0 aliphatic carbocycles. The van der Waals surface area contributed by atoms with Crippen LogP contribution in [-0.4, -0.2) is 0 Å². The van der Waals surface area contributed by atoms with Crippen molar-refractivity contribution in [1.29, 1.82) is 0 Å². The van der Waals surface area contributed by atoms with Crippen LogP contribution < -0.4 is 11.5 Å². The van der Waals surface area contributed by atoms with Gasteiger partial charge in [0.25, 0.3) is 0 Å². The molecule has 4 N–H and O–H groups in total. The Morgan fingerprint density at radius 3 is 2.50 bits per heavy atom. The molecule has 12 heavy (non-hydrogen) atoms. The first-order valence-electron chi connectivity index (χ1n) is 3.82. The third-order valence-corrected chi connectivity index (χ3v) is 2.00. The van der Waals surface area contributed by atoms with Crippen LogP contribution in [0.1, 0.15) is 1.43 Å². The molecule has 0 fully saturated rings. The van der Waals surface area contributed by atoms with E-state index in [1.807, 2.05) is 36.4 Å². The molecule has 0 aromatic heterocycles. The molecule has 0 saturated heterocycles. The molecule has 2 rings (SSSR count). The number of anilines is 2. The summed E-state index contributed by atoms with van der Waals surface area (Å²) >= 11 is 0. The minimum atomic E-state index is 0. The van der Waals surface area contributed by atoms with Crippen LogP contribution in [0.15, 0.2) is 36.4 Å². The van der Waals surface area contributed by atoms with Crippen molar-refractivity contribution in [2.75, 3.05) is 11.5 Å². The molecular weight excluding hydrogens is 148 g/mol. The van der Waals surface area contributed by atoms with Gasteiger partial charge in [0, 0.05) is 5.39 Å². The van der Waals surface area contributed by atoms with Gasteiger partial charge in [-0.2, -0.15) is 0 Å². The van der Waals surface area contributed by atoms with Crippen molar-refractivity contribution in [2.45, 2.75) is 0 Å². The highest BCUT2D eigenvalue weighted by molar-refractivity contribution is 5.98. The average Bonchev–Trinajstić information content (AvgIpc) is 2.12. The van der Waals surface area contributed by atoms with E-state index in [1.165, 1.54) is 0 Å². The molecule has 0 atom stereocenters. The SMILES string of the molecule is Nc1ccc2ccccc2c1N.[H+]. The molecule has 0 saturated carbocycles. The predicted octanol–water partition coefficient (Wildman–Crippen LogP) is 2.12. The van der Waals surface area contributed by atoms with Gasteiger partial charge in [0.2, 0.25) is 0 Å². The summed E-state index contributed by atoms with van der Waals surface area (Å²) in [4.78, 5) is 0. The van der Waals surface area contributed by atoms with Crippen LogP contribution in [0.2, 0.25) is 0 Å². The maximum atomic E-state index is 5.79. The van der Waals surface area contributed by atoms with Gasteiger partial charge < -0.3 is 11.5 Å². The van der Waals surface area contributed by atoms with Crippen LogP contribution in [0.25, 0.3) is 10.8 Å². The number of benzene rings is 2. The van der Waals surface area contributed by atoms with E-state index in [9.17, 15) is 0 Å². The van der Waals surface area contributed by atoms with Crippen LogP contribution >= 0.6 is 0 Å². The lowest BCUT2D eigenvalue weighted by Crippen LogP contribution is -1.94. The number of fused-ring (bicyclic) bond motifs is 1. The fraction of sp³-hybridized carbons (Fsp3) is 0. The summed E-state index contributed by atoms with van der Waals surface area (Å²) in [7, 11) is 0. The molecule has 2 aromatic rings. The number of hydrogen-bond donors (Lipinski definition) is 2. The van der Waals surface area contributed by atoms with E-state index in [1.54, 1.807) is 0 Å². The molecule has 0 aliphatic rings. The fourth-order valence-electron chi connectivity index (χ4n) is 1.31. The Morgan fingerprint density at radius 2 is 1.67 bits per heavy atom. The molecule has 2 aromatic carbocycles. The van der Waals surface area contributed by atoms with Gasteiger partial charge in [0.15, 0.2) is 0 Å². The van der Waals surface area contributed by atoms with Crippen LogP contribution in [-0.2, 0) is 0 Å². The maximum absolute atomic E-state index is 5.79. The van der Waals surface area contributed by atoms with Gasteiger partial charge >= 0.3 is 1.43 Å². The van der Waals surface area contributed by atoms with E-state index >= 15 is 0 Å². The highest BCUT2D eigenvalue weighted by atomic mass is 14.7. The zero-order chi connectivity index (χ0) is 8.55. The number of nitrogens with two attached hydrogens (primary N) is 2. The Bertz CT molecular complexity index is 426. The summed E-state index contributed by atoms with van der Waals surface area (Å²) in [5, 5.41) is 2.15. The zero-order valence-electron chi connectivity index (χ0n) is 7.62. The summed E-state index contributed by atoms with van der Waals surface area (Å²) < 4.78 is 0. The number of nitrogen functional groups attached to an aromatic ring is 2. The van der Waals surface area contributed by atoms with Gasteiger partial charge in [-0.05, 0) is 11.5 Å². The van der Waals surface area contributed by atoms with Crippen molar-refractivity contribution in [2.24, 2.45) is 0 Å². The zero-order valence-corrected chi connectivity index (χ0v) is 6.62. The smallest absolute Gasteiger partial charge is 0.397 e. The minimum Gasteiger partial charge on any atom is -0.397 e.